The number of methoxy groups -OCH3 is 1. The largest absolute Gasteiger partial charge is 0.379 e. The highest BCUT2D eigenvalue weighted by molar-refractivity contribution is 4.81. The molecule has 17 heavy (non-hydrogen) atoms. The first-order chi connectivity index (χ1) is 8.07. The summed E-state index contributed by atoms with van der Waals surface area (Å²) in [6.45, 7) is 8.37. The van der Waals surface area contributed by atoms with Crippen LogP contribution in [0, 0.1) is 0 Å². The van der Waals surface area contributed by atoms with Gasteiger partial charge in [0, 0.05) is 19.8 Å². The van der Waals surface area contributed by atoms with E-state index in [2.05, 4.69) is 26.1 Å². The summed E-state index contributed by atoms with van der Waals surface area (Å²) < 4.78 is 11.3. The highest BCUT2D eigenvalue weighted by atomic mass is 16.5. The maximum absolute atomic E-state index is 5.93. The van der Waals surface area contributed by atoms with Gasteiger partial charge in [0.05, 0.1) is 11.7 Å². The Kier molecular flexibility index (Phi) is 6.45. The summed E-state index contributed by atoms with van der Waals surface area (Å²) in [7, 11) is 1.76. The molecule has 1 aliphatic carbocycles. The first-order valence-corrected chi connectivity index (χ1v) is 6.97. The second kappa shape index (κ2) is 7.34. The molecule has 3 nitrogen and oxygen atoms in total. The lowest BCUT2D eigenvalue weighted by Crippen LogP contribution is -2.28. The SMILES string of the molecule is CCCNC1CCC(OCCC(C)(C)OC)C1. The molecule has 0 bridgehead atoms. The van der Waals surface area contributed by atoms with E-state index in [-0.39, 0.29) is 5.60 Å². The van der Waals surface area contributed by atoms with E-state index >= 15 is 0 Å². The van der Waals surface area contributed by atoms with Gasteiger partial charge in [0.1, 0.15) is 0 Å². The molecule has 1 N–H and O–H groups in total. The number of rotatable bonds is 8. The van der Waals surface area contributed by atoms with E-state index in [0.717, 1.165) is 19.6 Å². The Morgan fingerprint density at radius 3 is 2.71 bits per heavy atom. The molecule has 0 aliphatic heterocycles. The lowest BCUT2D eigenvalue weighted by Gasteiger charge is -2.23. The normalized spacial score (nSPS) is 25.4. The zero-order chi connectivity index (χ0) is 12.7. The van der Waals surface area contributed by atoms with Gasteiger partial charge in [-0.1, -0.05) is 6.92 Å². The minimum atomic E-state index is -0.0571. The van der Waals surface area contributed by atoms with Crippen molar-refractivity contribution in [2.45, 2.75) is 70.6 Å². The van der Waals surface area contributed by atoms with Crippen LogP contribution in [0.3, 0.4) is 0 Å². The summed E-state index contributed by atoms with van der Waals surface area (Å²) in [5, 5.41) is 3.57. The van der Waals surface area contributed by atoms with Crippen LogP contribution < -0.4 is 5.32 Å². The van der Waals surface area contributed by atoms with Gasteiger partial charge in [-0.15, -0.1) is 0 Å². The summed E-state index contributed by atoms with van der Waals surface area (Å²) in [5.41, 5.74) is -0.0571. The summed E-state index contributed by atoms with van der Waals surface area (Å²) in [6.07, 6.45) is 6.27. The molecule has 0 amide bonds. The fourth-order valence-corrected chi connectivity index (χ4v) is 2.20. The molecule has 0 aromatic carbocycles. The van der Waals surface area contributed by atoms with Crippen molar-refractivity contribution >= 4 is 0 Å². The van der Waals surface area contributed by atoms with E-state index in [0.29, 0.717) is 12.1 Å². The molecule has 1 fully saturated rings. The highest BCUT2D eigenvalue weighted by Crippen LogP contribution is 2.23. The zero-order valence-corrected chi connectivity index (χ0v) is 11.9. The summed E-state index contributed by atoms with van der Waals surface area (Å²) in [6, 6.07) is 0.676. The molecular formula is C14H29NO2. The quantitative estimate of drug-likeness (QED) is 0.711. The van der Waals surface area contributed by atoms with Gasteiger partial charge >= 0.3 is 0 Å². The van der Waals surface area contributed by atoms with Crippen molar-refractivity contribution in [2.24, 2.45) is 0 Å². The Morgan fingerprint density at radius 1 is 1.29 bits per heavy atom. The number of ether oxygens (including phenoxy) is 2. The van der Waals surface area contributed by atoms with Gasteiger partial charge in [0.2, 0.25) is 0 Å². The second-order valence-electron chi connectivity index (χ2n) is 5.67. The standard InChI is InChI=1S/C14H29NO2/c1-5-9-15-12-6-7-13(11-12)17-10-8-14(2,3)16-4/h12-13,15H,5-11H2,1-4H3. The van der Waals surface area contributed by atoms with Gasteiger partial charge in [-0.25, -0.2) is 0 Å². The fourth-order valence-electron chi connectivity index (χ4n) is 2.20. The van der Waals surface area contributed by atoms with E-state index < -0.39 is 0 Å². The topological polar surface area (TPSA) is 30.5 Å². The average Bonchev–Trinajstić information content (AvgIpc) is 2.74. The number of nitrogens with one attached hydrogen (secondary N) is 1. The van der Waals surface area contributed by atoms with Crippen molar-refractivity contribution in [3.63, 3.8) is 0 Å². The molecule has 0 aromatic rings. The molecule has 3 heteroatoms. The molecule has 0 aromatic heterocycles. The minimum Gasteiger partial charge on any atom is -0.379 e. The summed E-state index contributed by atoms with van der Waals surface area (Å²) in [5.74, 6) is 0. The van der Waals surface area contributed by atoms with Gasteiger partial charge in [-0.2, -0.15) is 0 Å². The fraction of sp³-hybridized carbons (Fsp3) is 1.00. The number of hydrogen-bond acceptors (Lipinski definition) is 3. The van der Waals surface area contributed by atoms with E-state index in [1.807, 2.05) is 0 Å². The van der Waals surface area contributed by atoms with E-state index in [1.165, 1.54) is 25.7 Å². The van der Waals surface area contributed by atoms with Gasteiger partial charge in [0.15, 0.2) is 0 Å². The van der Waals surface area contributed by atoms with E-state index in [9.17, 15) is 0 Å². The van der Waals surface area contributed by atoms with Crippen molar-refractivity contribution in [1.29, 1.82) is 0 Å². The first kappa shape index (κ1) is 14.9. The van der Waals surface area contributed by atoms with Crippen molar-refractivity contribution in [1.82, 2.24) is 5.32 Å². The Labute approximate surface area is 106 Å². The molecule has 102 valence electrons. The van der Waals surface area contributed by atoms with Gasteiger partial charge in [-0.05, 0) is 52.5 Å². The maximum atomic E-state index is 5.93. The van der Waals surface area contributed by atoms with Crippen LogP contribution in [0.5, 0.6) is 0 Å². The van der Waals surface area contributed by atoms with Crippen LogP contribution in [0.1, 0.15) is 52.9 Å². The third-order valence-electron chi connectivity index (χ3n) is 3.68. The van der Waals surface area contributed by atoms with Crippen molar-refractivity contribution < 1.29 is 9.47 Å². The second-order valence-corrected chi connectivity index (χ2v) is 5.67. The van der Waals surface area contributed by atoms with Crippen molar-refractivity contribution in [3.8, 4) is 0 Å². The molecular weight excluding hydrogens is 214 g/mol. The highest BCUT2D eigenvalue weighted by Gasteiger charge is 2.25. The van der Waals surface area contributed by atoms with Crippen LogP contribution >= 0.6 is 0 Å². The lowest BCUT2D eigenvalue weighted by molar-refractivity contribution is -0.0256. The maximum Gasteiger partial charge on any atom is 0.0644 e. The van der Waals surface area contributed by atoms with Gasteiger partial charge in [-0.3, -0.25) is 0 Å². The van der Waals surface area contributed by atoms with Gasteiger partial charge in [0.25, 0.3) is 0 Å². The predicted octanol–water partition coefficient (Wildman–Crippen LogP) is 2.74. The van der Waals surface area contributed by atoms with Crippen LogP contribution in [-0.4, -0.2) is 38.0 Å². The molecule has 1 saturated carbocycles. The van der Waals surface area contributed by atoms with Crippen molar-refractivity contribution in [3.05, 3.63) is 0 Å². The molecule has 0 saturated heterocycles. The van der Waals surface area contributed by atoms with E-state index in [1.54, 1.807) is 7.11 Å². The predicted molar refractivity (Wildman–Crippen MR) is 71.4 cm³/mol. The third kappa shape index (κ3) is 5.84. The monoisotopic (exact) mass is 243 g/mol. The van der Waals surface area contributed by atoms with Crippen LogP contribution in [0.4, 0.5) is 0 Å². The third-order valence-corrected chi connectivity index (χ3v) is 3.68. The molecule has 0 heterocycles. The molecule has 0 spiro atoms. The molecule has 2 unspecified atom stereocenters. The first-order valence-electron chi connectivity index (χ1n) is 6.97. The zero-order valence-electron chi connectivity index (χ0n) is 11.9. The summed E-state index contributed by atoms with van der Waals surface area (Å²) >= 11 is 0. The smallest absolute Gasteiger partial charge is 0.0644 e. The number of hydrogen-bond donors (Lipinski definition) is 1. The molecule has 2 atom stereocenters. The Bertz CT molecular complexity index is 206. The molecule has 1 rings (SSSR count). The minimum absolute atomic E-state index is 0.0571. The van der Waals surface area contributed by atoms with Crippen molar-refractivity contribution in [2.75, 3.05) is 20.3 Å². The lowest BCUT2D eigenvalue weighted by atomic mass is 10.1. The summed E-state index contributed by atoms with van der Waals surface area (Å²) in [4.78, 5) is 0. The molecule has 1 aliphatic rings. The Morgan fingerprint density at radius 2 is 2.06 bits per heavy atom. The van der Waals surface area contributed by atoms with Crippen LogP contribution in [-0.2, 0) is 9.47 Å². The Balaban J connectivity index is 2.09. The van der Waals surface area contributed by atoms with E-state index in [4.69, 9.17) is 9.47 Å². The van der Waals surface area contributed by atoms with Crippen LogP contribution in [0.2, 0.25) is 0 Å². The molecule has 0 radical (unpaired) electrons. The average molecular weight is 243 g/mol. The van der Waals surface area contributed by atoms with Crippen LogP contribution in [0.25, 0.3) is 0 Å². The van der Waals surface area contributed by atoms with Crippen LogP contribution in [0.15, 0.2) is 0 Å². The Hall–Kier alpha value is -0.120. The van der Waals surface area contributed by atoms with Gasteiger partial charge < -0.3 is 14.8 Å².